The first-order chi connectivity index (χ1) is 17.9. The zero-order valence-electron chi connectivity index (χ0n) is 20.3. The molecule has 186 valence electrons. The third kappa shape index (κ3) is 5.07. The Morgan fingerprint density at radius 3 is 2.46 bits per heavy atom. The van der Waals surface area contributed by atoms with E-state index in [1.54, 1.807) is 27.6 Å². The molecule has 2 aromatic carbocycles. The Kier molecular flexibility index (Phi) is 6.70. The summed E-state index contributed by atoms with van der Waals surface area (Å²) < 4.78 is 10.0. The molecule has 0 bridgehead atoms. The van der Waals surface area contributed by atoms with Gasteiger partial charge in [0, 0.05) is 24.4 Å². The Labute approximate surface area is 216 Å². The van der Waals surface area contributed by atoms with Crippen LogP contribution in [-0.2, 0) is 17.9 Å². The first kappa shape index (κ1) is 24.2. The Morgan fingerprint density at radius 1 is 1.00 bits per heavy atom. The molecule has 5 rings (SSSR count). The van der Waals surface area contributed by atoms with Gasteiger partial charge in [-0.2, -0.15) is 5.10 Å². The number of anilines is 1. The normalized spacial score (nSPS) is 11.0. The van der Waals surface area contributed by atoms with Crippen LogP contribution in [0, 0.1) is 0 Å². The predicted molar refractivity (Wildman–Crippen MR) is 144 cm³/mol. The van der Waals surface area contributed by atoms with Crippen LogP contribution in [-0.4, -0.2) is 26.0 Å². The number of amides is 1. The van der Waals surface area contributed by atoms with Gasteiger partial charge in [-0.3, -0.25) is 19.0 Å². The lowest BCUT2D eigenvalue weighted by molar-refractivity contribution is -0.114. The van der Waals surface area contributed by atoms with Crippen LogP contribution in [0.25, 0.3) is 15.9 Å². The highest BCUT2D eigenvalue weighted by Crippen LogP contribution is 2.31. The van der Waals surface area contributed by atoms with E-state index in [2.05, 4.69) is 10.4 Å². The van der Waals surface area contributed by atoms with Gasteiger partial charge in [0.25, 0.3) is 5.56 Å². The van der Waals surface area contributed by atoms with Gasteiger partial charge < -0.3 is 10.1 Å². The highest BCUT2D eigenvalue weighted by atomic mass is 32.1. The van der Waals surface area contributed by atoms with Gasteiger partial charge >= 0.3 is 0 Å². The van der Waals surface area contributed by atoms with E-state index in [1.165, 1.54) is 25.2 Å². The fourth-order valence-corrected chi connectivity index (χ4v) is 5.14. The Bertz CT molecular complexity index is 1650. The predicted octanol–water partition coefficient (Wildman–Crippen LogP) is 5.04. The molecule has 0 aliphatic heterocycles. The largest absolute Gasteiger partial charge is 0.482 e. The van der Waals surface area contributed by atoms with E-state index in [0.29, 0.717) is 16.8 Å². The maximum Gasteiger partial charge on any atom is 0.294 e. The standard InChI is InChI=1S/C28H24N4O4S/c1-18(33)25-26(36-17-20-6-4-3-5-7-20)28(35)31(24-12-13-37-27(24)25)15-21-14-29-32(16-21)23-10-8-22(9-11-23)30-19(2)34/h3-14,16H,15,17H2,1-2H3,(H,30,34). The summed E-state index contributed by atoms with van der Waals surface area (Å²) in [6.07, 6.45) is 3.55. The fourth-order valence-electron chi connectivity index (χ4n) is 4.15. The van der Waals surface area contributed by atoms with E-state index in [0.717, 1.165) is 21.5 Å². The summed E-state index contributed by atoms with van der Waals surface area (Å²) in [5.74, 6) is -0.287. The molecule has 8 nitrogen and oxygen atoms in total. The molecule has 3 aromatic heterocycles. The van der Waals surface area contributed by atoms with Crippen molar-refractivity contribution in [2.75, 3.05) is 5.32 Å². The summed E-state index contributed by atoms with van der Waals surface area (Å²) in [6.45, 7) is 3.35. The first-order valence-corrected chi connectivity index (χ1v) is 12.5. The zero-order valence-corrected chi connectivity index (χ0v) is 21.1. The Morgan fingerprint density at radius 2 is 1.76 bits per heavy atom. The molecule has 9 heteroatoms. The number of hydrogen-bond acceptors (Lipinski definition) is 6. The average molecular weight is 513 g/mol. The summed E-state index contributed by atoms with van der Waals surface area (Å²) >= 11 is 1.41. The summed E-state index contributed by atoms with van der Waals surface area (Å²) in [6, 6.07) is 18.7. The SMILES string of the molecule is CC(=O)Nc1ccc(-n2cc(Cn3c(=O)c(OCc4ccccc4)c(C(C)=O)c4sccc43)cn2)cc1. The first-order valence-electron chi connectivity index (χ1n) is 11.6. The topological polar surface area (TPSA) is 95.2 Å². The molecular formula is C28H24N4O4S. The second kappa shape index (κ2) is 10.2. The Hall–Kier alpha value is -4.50. The molecule has 37 heavy (non-hydrogen) atoms. The van der Waals surface area contributed by atoms with Crippen LogP contribution in [0.3, 0.4) is 0 Å². The summed E-state index contributed by atoms with van der Waals surface area (Å²) in [7, 11) is 0. The van der Waals surface area contributed by atoms with Crippen molar-refractivity contribution in [1.82, 2.24) is 14.3 Å². The molecule has 3 heterocycles. The van der Waals surface area contributed by atoms with Crippen molar-refractivity contribution < 1.29 is 14.3 Å². The molecule has 0 atom stereocenters. The van der Waals surface area contributed by atoms with Crippen molar-refractivity contribution in [2.24, 2.45) is 0 Å². The molecule has 5 aromatic rings. The second-order valence-electron chi connectivity index (χ2n) is 8.58. The summed E-state index contributed by atoms with van der Waals surface area (Å²) in [5.41, 5.74) is 3.86. The zero-order chi connectivity index (χ0) is 25.9. The Balaban J connectivity index is 1.49. The van der Waals surface area contributed by atoms with Gasteiger partial charge in [-0.25, -0.2) is 4.68 Å². The number of rotatable bonds is 8. The smallest absolute Gasteiger partial charge is 0.294 e. The number of ether oxygens (including phenoxy) is 1. The van der Waals surface area contributed by atoms with Crippen molar-refractivity contribution in [3.63, 3.8) is 0 Å². The minimum atomic E-state index is -0.362. The van der Waals surface area contributed by atoms with Crippen molar-refractivity contribution >= 4 is 38.9 Å². The minimum Gasteiger partial charge on any atom is -0.482 e. The lowest BCUT2D eigenvalue weighted by Gasteiger charge is -2.15. The van der Waals surface area contributed by atoms with Gasteiger partial charge in [0.2, 0.25) is 5.91 Å². The number of aromatic nitrogens is 3. The molecule has 0 aliphatic carbocycles. The lowest BCUT2D eigenvalue weighted by atomic mass is 10.1. The van der Waals surface area contributed by atoms with Gasteiger partial charge in [-0.05, 0) is 48.2 Å². The van der Waals surface area contributed by atoms with Crippen molar-refractivity contribution in [1.29, 1.82) is 0 Å². The molecule has 0 unspecified atom stereocenters. The molecule has 0 spiro atoms. The van der Waals surface area contributed by atoms with Gasteiger partial charge in [-0.15, -0.1) is 11.3 Å². The molecule has 0 saturated carbocycles. The number of benzene rings is 2. The number of nitrogens with one attached hydrogen (secondary N) is 1. The number of carbonyl (C=O) groups is 2. The number of ketones is 1. The summed E-state index contributed by atoms with van der Waals surface area (Å²) in [5, 5.41) is 9.05. The summed E-state index contributed by atoms with van der Waals surface area (Å²) in [4.78, 5) is 37.5. The van der Waals surface area contributed by atoms with E-state index in [9.17, 15) is 14.4 Å². The molecule has 0 fully saturated rings. The average Bonchev–Trinajstić information content (AvgIpc) is 3.55. The number of pyridine rings is 1. The van der Waals surface area contributed by atoms with Crippen LogP contribution in [0.1, 0.15) is 35.3 Å². The number of nitrogens with zero attached hydrogens (tertiary/aromatic N) is 3. The molecule has 0 saturated heterocycles. The maximum atomic E-state index is 13.7. The van der Waals surface area contributed by atoms with E-state index in [1.807, 2.05) is 60.1 Å². The van der Waals surface area contributed by atoms with Gasteiger partial charge in [0.15, 0.2) is 11.5 Å². The van der Waals surface area contributed by atoms with Crippen molar-refractivity contribution in [3.05, 3.63) is 105 Å². The van der Waals surface area contributed by atoms with Gasteiger partial charge in [0.05, 0.1) is 34.2 Å². The van der Waals surface area contributed by atoms with Gasteiger partial charge in [0.1, 0.15) is 6.61 Å². The molecule has 0 radical (unpaired) electrons. The fraction of sp³-hybridized carbons (Fsp3) is 0.143. The van der Waals surface area contributed by atoms with E-state index >= 15 is 0 Å². The maximum absolute atomic E-state index is 13.7. The van der Waals surface area contributed by atoms with Crippen molar-refractivity contribution in [3.8, 4) is 11.4 Å². The number of carbonyl (C=O) groups excluding carboxylic acids is 2. The number of Topliss-reactive ketones (excluding diaryl/α,β-unsaturated/α-hetero) is 1. The molecule has 1 amide bonds. The number of fused-ring (bicyclic) bond motifs is 1. The number of hydrogen-bond donors (Lipinski definition) is 1. The van der Waals surface area contributed by atoms with E-state index < -0.39 is 0 Å². The molecule has 1 N–H and O–H groups in total. The molecule has 0 aliphatic rings. The van der Waals surface area contributed by atoms with E-state index in [4.69, 9.17) is 4.74 Å². The van der Waals surface area contributed by atoms with Gasteiger partial charge in [-0.1, -0.05) is 30.3 Å². The van der Waals surface area contributed by atoms with Crippen molar-refractivity contribution in [2.45, 2.75) is 27.0 Å². The second-order valence-corrected chi connectivity index (χ2v) is 9.50. The van der Waals surface area contributed by atoms with Crippen LogP contribution in [0.15, 0.2) is 83.2 Å². The monoisotopic (exact) mass is 512 g/mol. The highest BCUT2D eigenvalue weighted by molar-refractivity contribution is 7.17. The van der Waals surface area contributed by atoms with Crippen LogP contribution in [0.5, 0.6) is 5.75 Å². The third-order valence-electron chi connectivity index (χ3n) is 5.84. The lowest BCUT2D eigenvalue weighted by Crippen LogP contribution is -2.25. The minimum absolute atomic E-state index is 0.0623. The van der Waals surface area contributed by atoms with Crippen LogP contribution >= 0.6 is 11.3 Å². The quantitative estimate of drug-likeness (QED) is 0.294. The van der Waals surface area contributed by atoms with E-state index in [-0.39, 0.29) is 36.2 Å². The van der Waals surface area contributed by atoms with Crippen LogP contribution in [0.4, 0.5) is 5.69 Å². The van der Waals surface area contributed by atoms with Crippen LogP contribution < -0.4 is 15.6 Å². The number of thiophene rings is 1. The highest BCUT2D eigenvalue weighted by Gasteiger charge is 2.22. The van der Waals surface area contributed by atoms with Crippen LogP contribution in [0.2, 0.25) is 0 Å². The third-order valence-corrected chi connectivity index (χ3v) is 6.76. The molecular weight excluding hydrogens is 488 g/mol.